The number of carbonyl (C=O) groups is 1. The lowest BCUT2D eigenvalue weighted by molar-refractivity contribution is 0.0391. The van der Waals surface area contributed by atoms with E-state index in [0.29, 0.717) is 25.1 Å². The van der Waals surface area contributed by atoms with Gasteiger partial charge in [-0.25, -0.2) is 4.79 Å². The van der Waals surface area contributed by atoms with Gasteiger partial charge in [-0.1, -0.05) is 45.9 Å². The quantitative estimate of drug-likeness (QED) is 0.694. The van der Waals surface area contributed by atoms with Crippen molar-refractivity contribution in [1.29, 1.82) is 0 Å². The first kappa shape index (κ1) is 24.2. The summed E-state index contributed by atoms with van der Waals surface area (Å²) >= 11 is 0. The summed E-state index contributed by atoms with van der Waals surface area (Å²) < 4.78 is 33.0. The van der Waals surface area contributed by atoms with E-state index < -0.39 is 21.9 Å². The second kappa shape index (κ2) is 11.1. The standard InChI is InChI=1S/C15H22N2O4S.2C2H6/c1-15(2,3)21-14(18)17-12-8-7-11-16(22(17,19)20)13-9-5-4-6-10-13;2*1-2/h4-6,9-10H,7-8,11-12H2,1-3H3;2*1-2H3. The molecule has 1 aromatic rings. The maximum Gasteiger partial charge on any atom is 0.425 e. The Labute approximate surface area is 159 Å². The third-order valence-corrected chi connectivity index (χ3v) is 5.01. The van der Waals surface area contributed by atoms with Gasteiger partial charge in [0.1, 0.15) is 5.60 Å². The Morgan fingerprint density at radius 1 is 0.962 bits per heavy atom. The molecule has 0 aromatic heterocycles. The van der Waals surface area contributed by atoms with Gasteiger partial charge in [0.15, 0.2) is 0 Å². The Morgan fingerprint density at radius 3 is 1.96 bits per heavy atom. The molecule has 0 N–H and O–H groups in total. The second-order valence-corrected chi connectivity index (χ2v) is 7.95. The number of para-hydroxylation sites is 1. The summed E-state index contributed by atoms with van der Waals surface area (Å²) in [7, 11) is -3.93. The maximum absolute atomic E-state index is 12.8. The summed E-state index contributed by atoms with van der Waals surface area (Å²) in [5, 5.41) is 0. The monoisotopic (exact) mass is 386 g/mol. The lowest BCUT2D eigenvalue weighted by Crippen LogP contribution is -2.47. The summed E-state index contributed by atoms with van der Waals surface area (Å²) in [5.74, 6) is 0. The maximum atomic E-state index is 12.8. The SMILES string of the molecule is CC.CC.CC(C)(C)OC(=O)N1CCCCN(c2ccccc2)S1(=O)=O. The zero-order valence-electron chi connectivity index (χ0n) is 17.2. The van der Waals surface area contributed by atoms with Crippen LogP contribution in [0.4, 0.5) is 10.5 Å². The summed E-state index contributed by atoms with van der Waals surface area (Å²) in [6.45, 7) is 13.6. The first-order valence-corrected chi connectivity index (χ1v) is 10.7. The number of anilines is 1. The minimum Gasteiger partial charge on any atom is -0.443 e. The van der Waals surface area contributed by atoms with Crippen molar-refractivity contribution in [1.82, 2.24) is 4.31 Å². The predicted molar refractivity (Wildman–Crippen MR) is 108 cm³/mol. The van der Waals surface area contributed by atoms with Gasteiger partial charge in [0.2, 0.25) is 0 Å². The van der Waals surface area contributed by atoms with Crippen LogP contribution in [-0.2, 0) is 14.9 Å². The fraction of sp³-hybridized carbons (Fsp3) is 0.632. The van der Waals surface area contributed by atoms with E-state index in [4.69, 9.17) is 4.74 Å². The van der Waals surface area contributed by atoms with Crippen LogP contribution in [0.5, 0.6) is 0 Å². The molecule has 1 heterocycles. The fourth-order valence-electron chi connectivity index (χ4n) is 2.22. The molecule has 0 unspecified atom stereocenters. The molecule has 6 nitrogen and oxygen atoms in total. The lowest BCUT2D eigenvalue weighted by Gasteiger charge is -2.30. The second-order valence-electron chi connectivity index (χ2n) is 6.18. The summed E-state index contributed by atoms with van der Waals surface area (Å²) in [5.41, 5.74) is -0.186. The number of hydrogen-bond donors (Lipinski definition) is 0. The first-order chi connectivity index (χ1) is 12.2. The molecule has 7 heteroatoms. The van der Waals surface area contributed by atoms with Crippen molar-refractivity contribution in [2.24, 2.45) is 0 Å². The molecule has 150 valence electrons. The highest BCUT2D eigenvalue weighted by molar-refractivity contribution is 7.91. The highest BCUT2D eigenvalue weighted by Gasteiger charge is 2.37. The van der Waals surface area contributed by atoms with Crippen LogP contribution in [-0.4, -0.2) is 37.5 Å². The summed E-state index contributed by atoms with van der Waals surface area (Å²) in [4.78, 5) is 12.3. The van der Waals surface area contributed by atoms with E-state index in [0.717, 1.165) is 4.31 Å². The zero-order valence-corrected chi connectivity index (χ0v) is 18.0. The van der Waals surface area contributed by atoms with Crippen molar-refractivity contribution in [3.63, 3.8) is 0 Å². The molecular formula is C19H34N2O4S. The number of nitrogens with zero attached hydrogens (tertiary/aromatic N) is 2. The smallest absolute Gasteiger partial charge is 0.425 e. The average Bonchev–Trinajstić information content (AvgIpc) is 2.75. The van der Waals surface area contributed by atoms with E-state index >= 15 is 0 Å². The molecule has 1 saturated heterocycles. The van der Waals surface area contributed by atoms with Gasteiger partial charge in [0.05, 0.1) is 5.69 Å². The van der Waals surface area contributed by atoms with Crippen molar-refractivity contribution in [3.05, 3.63) is 30.3 Å². The van der Waals surface area contributed by atoms with Crippen molar-refractivity contribution in [2.75, 3.05) is 17.4 Å². The number of benzene rings is 1. The number of ether oxygens (including phenoxy) is 1. The van der Waals surface area contributed by atoms with E-state index in [1.54, 1.807) is 45.0 Å². The van der Waals surface area contributed by atoms with Crippen LogP contribution < -0.4 is 4.31 Å². The van der Waals surface area contributed by atoms with Crippen molar-refractivity contribution < 1.29 is 17.9 Å². The van der Waals surface area contributed by atoms with E-state index in [1.165, 1.54) is 4.31 Å². The molecule has 1 aliphatic rings. The van der Waals surface area contributed by atoms with Crippen LogP contribution in [0.3, 0.4) is 0 Å². The van der Waals surface area contributed by atoms with E-state index in [9.17, 15) is 13.2 Å². The molecule has 1 amide bonds. The van der Waals surface area contributed by atoms with Crippen LogP contribution >= 0.6 is 0 Å². The molecular weight excluding hydrogens is 352 g/mol. The molecule has 1 fully saturated rings. The molecule has 26 heavy (non-hydrogen) atoms. The number of carbonyl (C=O) groups excluding carboxylic acids is 1. The van der Waals surface area contributed by atoms with Gasteiger partial charge in [-0.2, -0.15) is 12.7 Å². The molecule has 0 saturated carbocycles. The van der Waals surface area contributed by atoms with Gasteiger partial charge in [-0.05, 0) is 45.7 Å². The predicted octanol–water partition coefficient (Wildman–Crippen LogP) is 4.82. The molecule has 1 aliphatic heterocycles. The molecule has 0 bridgehead atoms. The minimum atomic E-state index is -3.93. The van der Waals surface area contributed by atoms with Gasteiger partial charge >= 0.3 is 16.3 Å². The van der Waals surface area contributed by atoms with Gasteiger partial charge < -0.3 is 4.74 Å². The highest BCUT2D eigenvalue weighted by atomic mass is 32.2. The largest absolute Gasteiger partial charge is 0.443 e. The van der Waals surface area contributed by atoms with Gasteiger partial charge in [-0.15, -0.1) is 0 Å². The third-order valence-electron chi connectivity index (χ3n) is 3.17. The van der Waals surface area contributed by atoms with Crippen LogP contribution in [0.1, 0.15) is 61.3 Å². The molecule has 0 aliphatic carbocycles. The molecule has 0 spiro atoms. The number of hydrogen-bond acceptors (Lipinski definition) is 4. The van der Waals surface area contributed by atoms with Crippen LogP contribution in [0, 0.1) is 0 Å². The Bertz CT molecular complexity index is 625. The summed E-state index contributed by atoms with van der Waals surface area (Å²) in [6.07, 6.45) is 0.477. The minimum absolute atomic E-state index is 0.139. The topological polar surface area (TPSA) is 66.9 Å². The normalized spacial score (nSPS) is 16.3. The number of rotatable bonds is 1. The fourth-order valence-corrected chi connectivity index (χ4v) is 3.79. The Hall–Kier alpha value is -1.76. The van der Waals surface area contributed by atoms with E-state index in [2.05, 4.69) is 0 Å². The Morgan fingerprint density at radius 2 is 1.46 bits per heavy atom. The van der Waals surface area contributed by atoms with Crippen molar-refractivity contribution in [2.45, 2.75) is 66.9 Å². The molecule has 0 atom stereocenters. The molecule has 0 radical (unpaired) electrons. The molecule has 1 aromatic carbocycles. The Balaban J connectivity index is 0.00000146. The zero-order chi connectivity index (χ0) is 20.4. The first-order valence-electron chi connectivity index (χ1n) is 9.30. The third kappa shape index (κ3) is 6.86. The highest BCUT2D eigenvalue weighted by Crippen LogP contribution is 2.25. The van der Waals surface area contributed by atoms with Gasteiger partial charge in [0, 0.05) is 13.1 Å². The van der Waals surface area contributed by atoms with Gasteiger partial charge in [-0.3, -0.25) is 4.31 Å². The van der Waals surface area contributed by atoms with Crippen molar-refractivity contribution in [3.8, 4) is 0 Å². The van der Waals surface area contributed by atoms with Crippen molar-refractivity contribution >= 4 is 22.0 Å². The number of amides is 1. The van der Waals surface area contributed by atoms with Crippen LogP contribution in [0.15, 0.2) is 30.3 Å². The average molecular weight is 387 g/mol. The van der Waals surface area contributed by atoms with Crippen LogP contribution in [0.25, 0.3) is 0 Å². The van der Waals surface area contributed by atoms with Crippen LogP contribution in [0.2, 0.25) is 0 Å². The Kier molecular flexibility index (Phi) is 10.3. The van der Waals surface area contributed by atoms with E-state index in [-0.39, 0.29) is 6.54 Å². The molecule has 2 rings (SSSR count). The summed E-state index contributed by atoms with van der Waals surface area (Å²) in [6, 6.07) is 8.80. The van der Waals surface area contributed by atoms with E-state index in [1.807, 2.05) is 33.8 Å². The lowest BCUT2D eigenvalue weighted by atomic mass is 10.2. The van der Waals surface area contributed by atoms with Gasteiger partial charge in [0.25, 0.3) is 0 Å².